The Morgan fingerprint density at radius 2 is 2.18 bits per heavy atom. The molecule has 3 nitrogen and oxygen atoms in total. The fourth-order valence-electron chi connectivity index (χ4n) is 2.67. The predicted octanol–water partition coefficient (Wildman–Crippen LogP) is 2.74. The first kappa shape index (κ1) is 10.5. The molecule has 1 aromatic carbocycles. The Kier molecular flexibility index (Phi) is 2.25. The molecule has 0 aliphatic heterocycles. The van der Waals surface area contributed by atoms with Gasteiger partial charge in [-0.15, -0.1) is 0 Å². The molecule has 3 rings (SSSR count). The van der Waals surface area contributed by atoms with Crippen molar-refractivity contribution in [1.29, 1.82) is 5.26 Å². The van der Waals surface area contributed by atoms with Gasteiger partial charge in [0.15, 0.2) is 0 Å². The zero-order valence-corrected chi connectivity index (χ0v) is 9.87. The Bertz CT molecular complexity index is 479. The summed E-state index contributed by atoms with van der Waals surface area (Å²) in [6, 6.07) is 7.72. The third kappa shape index (κ3) is 1.84. The van der Waals surface area contributed by atoms with Crippen molar-refractivity contribution in [3.8, 4) is 6.07 Å². The van der Waals surface area contributed by atoms with Gasteiger partial charge in [0.1, 0.15) is 6.07 Å². The van der Waals surface area contributed by atoms with Gasteiger partial charge in [0.25, 0.3) is 0 Å². The molecule has 88 valence electrons. The number of para-hydroxylation sites is 1. The van der Waals surface area contributed by atoms with E-state index >= 15 is 0 Å². The Morgan fingerprint density at radius 1 is 1.41 bits per heavy atom. The topological polar surface area (TPSA) is 61.8 Å². The molecule has 17 heavy (non-hydrogen) atoms. The quantitative estimate of drug-likeness (QED) is 0.777. The second-order valence-electron chi connectivity index (χ2n) is 5.37. The molecule has 2 fully saturated rings. The first-order chi connectivity index (χ1) is 8.25. The zero-order valence-electron chi connectivity index (χ0n) is 9.87. The lowest BCUT2D eigenvalue weighted by Gasteiger charge is -2.17. The number of hydrogen-bond donors (Lipinski definition) is 2. The monoisotopic (exact) mass is 227 g/mol. The molecule has 0 saturated heterocycles. The van der Waals surface area contributed by atoms with E-state index in [0.717, 1.165) is 18.2 Å². The maximum Gasteiger partial charge on any atom is 0.101 e. The maximum atomic E-state index is 8.92. The number of nitrogens with zero attached hydrogens (tertiary/aromatic N) is 1. The lowest BCUT2D eigenvalue weighted by atomic mass is 10.0. The SMILES string of the molecule is N#Cc1cccc(NCC2(C3CC3)CC2)c1N. The number of benzene rings is 1. The molecular formula is C14H17N3. The second kappa shape index (κ2) is 3.66. The van der Waals surface area contributed by atoms with Crippen LogP contribution in [0.1, 0.15) is 31.2 Å². The van der Waals surface area contributed by atoms with Crippen LogP contribution in [0.4, 0.5) is 11.4 Å². The van der Waals surface area contributed by atoms with E-state index in [0.29, 0.717) is 16.7 Å². The van der Waals surface area contributed by atoms with Crippen LogP contribution >= 0.6 is 0 Å². The van der Waals surface area contributed by atoms with Gasteiger partial charge in [0, 0.05) is 6.54 Å². The zero-order chi connectivity index (χ0) is 11.9. The number of nitrogens with two attached hydrogens (primary N) is 1. The van der Waals surface area contributed by atoms with Crippen LogP contribution in [0.25, 0.3) is 0 Å². The summed E-state index contributed by atoms with van der Waals surface area (Å²) in [5.41, 5.74) is 8.56. The number of rotatable bonds is 4. The average molecular weight is 227 g/mol. The minimum Gasteiger partial charge on any atom is -0.396 e. The second-order valence-corrected chi connectivity index (χ2v) is 5.37. The molecule has 0 spiro atoms. The molecule has 0 unspecified atom stereocenters. The van der Waals surface area contributed by atoms with Gasteiger partial charge in [-0.25, -0.2) is 0 Å². The van der Waals surface area contributed by atoms with Crippen LogP contribution in [0.15, 0.2) is 18.2 Å². The molecule has 0 atom stereocenters. The first-order valence-electron chi connectivity index (χ1n) is 6.28. The van der Waals surface area contributed by atoms with Gasteiger partial charge < -0.3 is 11.1 Å². The average Bonchev–Trinajstić information content (AvgIpc) is 3.19. The van der Waals surface area contributed by atoms with Crippen LogP contribution in [0, 0.1) is 22.7 Å². The molecule has 2 aliphatic rings. The van der Waals surface area contributed by atoms with E-state index < -0.39 is 0 Å². The van der Waals surface area contributed by atoms with Gasteiger partial charge in [0.2, 0.25) is 0 Å². The van der Waals surface area contributed by atoms with Crippen LogP contribution in [-0.4, -0.2) is 6.54 Å². The molecular weight excluding hydrogens is 210 g/mol. The van der Waals surface area contributed by atoms with Crippen LogP contribution in [-0.2, 0) is 0 Å². The number of nitrogen functional groups attached to an aromatic ring is 1. The smallest absolute Gasteiger partial charge is 0.101 e. The van der Waals surface area contributed by atoms with Gasteiger partial charge in [-0.3, -0.25) is 0 Å². The molecule has 0 amide bonds. The summed E-state index contributed by atoms with van der Waals surface area (Å²) in [6.45, 7) is 1.01. The minimum absolute atomic E-state index is 0.551. The van der Waals surface area contributed by atoms with Gasteiger partial charge in [0.05, 0.1) is 16.9 Å². The standard InChI is InChI=1S/C14H17N3/c15-8-10-2-1-3-12(13(10)16)17-9-14(6-7-14)11-4-5-11/h1-3,11,17H,4-7,9,16H2. The largest absolute Gasteiger partial charge is 0.396 e. The van der Waals surface area contributed by atoms with Gasteiger partial charge in [-0.1, -0.05) is 6.07 Å². The van der Waals surface area contributed by atoms with Crippen LogP contribution in [0.5, 0.6) is 0 Å². The van der Waals surface area contributed by atoms with Crippen molar-refractivity contribution in [3.63, 3.8) is 0 Å². The van der Waals surface area contributed by atoms with Crippen molar-refractivity contribution in [2.75, 3.05) is 17.6 Å². The van der Waals surface area contributed by atoms with Crippen molar-refractivity contribution in [3.05, 3.63) is 23.8 Å². The van der Waals surface area contributed by atoms with Crippen LogP contribution in [0.2, 0.25) is 0 Å². The van der Waals surface area contributed by atoms with Crippen molar-refractivity contribution < 1.29 is 0 Å². The van der Waals surface area contributed by atoms with Gasteiger partial charge >= 0.3 is 0 Å². The van der Waals surface area contributed by atoms with Crippen molar-refractivity contribution >= 4 is 11.4 Å². The van der Waals surface area contributed by atoms with E-state index in [1.807, 2.05) is 12.1 Å². The van der Waals surface area contributed by atoms with E-state index in [2.05, 4.69) is 11.4 Å². The van der Waals surface area contributed by atoms with E-state index in [1.165, 1.54) is 25.7 Å². The third-order valence-electron chi connectivity index (χ3n) is 4.19. The Labute approximate surface area is 102 Å². The lowest BCUT2D eigenvalue weighted by molar-refractivity contribution is 0.467. The fourth-order valence-corrected chi connectivity index (χ4v) is 2.67. The summed E-state index contributed by atoms with van der Waals surface area (Å²) in [6.07, 6.45) is 5.50. The Balaban J connectivity index is 1.71. The molecule has 0 bridgehead atoms. The number of nitrogens with one attached hydrogen (secondary N) is 1. The van der Waals surface area contributed by atoms with Crippen LogP contribution in [0.3, 0.4) is 0 Å². The van der Waals surface area contributed by atoms with Crippen molar-refractivity contribution in [2.45, 2.75) is 25.7 Å². The minimum atomic E-state index is 0.551. The fraction of sp³-hybridized carbons (Fsp3) is 0.500. The van der Waals surface area contributed by atoms with E-state index in [-0.39, 0.29) is 0 Å². The molecule has 2 saturated carbocycles. The summed E-state index contributed by atoms with van der Waals surface area (Å²) in [7, 11) is 0. The molecule has 0 heterocycles. The van der Waals surface area contributed by atoms with E-state index in [4.69, 9.17) is 11.0 Å². The maximum absolute atomic E-state index is 8.92. The highest BCUT2D eigenvalue weighted by atomic mass is 14.9. The summed E-state index contributed by atoms with van der Waals surface area (Å²) in [5, 5.41) is 12.4. The number of anilines is 2. The summed E-state index contributed by atoms with van der Waals surface area (Å²) in [4.78, 5) is 0. The first-order valence-corrected chi connectivity index (χ1v) is 6.28. The van der Waals surface area contributed by atoms with Crippen molar-refractivity contribution in [1.82, 2.24) is 0 Å². The van der Waals surface area contributed by atoms with Crippen LogP contribution < -0.4 is 11.1 Å². The third-order valence-corrected chi connectivity index (χ3v) is 4.19. The summed E-state index contributed by atoms with van der Waals surface area (Å²) >= 11 is 0. The normalized spacial score (nSPS) is 20.6. The van der Waals surface area contributed by atoms with Gasteiger partial charge in [-0.2, -0.15) is 5.26 Å². The number of hydrogen-bond acceptors (Lipinski definition) is 3. The molecule has 2 aliphatic carbocycles. The van der Waals surface area contributed by atoms with E-state index in [1.54, 1.807) is 6.07 Å². The number of nitriles is 1. The summed E-state index contributed by atoms with van der Waals surface area (Å²) < 4.78 is 0. The lowest BCUT2D eigenvalue weighted by Crippen LogP contribution is -2.18. The molecule has 0 radical (unpaired) electrons. The Hall–Kier alpha value is -1.69. The molecule has 3 heteroatoms. The highest BCUT2D eigenvalue weighted by Crippen LogP contribution is 2.61. The van der Waals surface area contributed by atoms with Crippen molar-refractivity contribution in [2.24, 2.45) is 11.3 Å². The van der Waals surface area contributed by atoms with Gasteiger partial charge in [-0.05, 0) is 49.1 Å². The predicted molar refractivity (Wildman–Crippen MR) is 68.5 cm³/mol. The highest BCUT2D eigenvalue weighted by Gasteiger charge is 2.53. The molecule has 0 aromatic heterocycles. The highest BCUT2D eigenvalue weighted by molar-refractivity contribution is 5.72. The molecule has 1 aromatic rings. The molecule has 3 N–H and O–H groups in total. The van der Waals surface area contributed by atoms with E-state index in [9.17, 15) is 0 Å². The Morgan fingerprint density at radius 3 is 2.76 bits per heavy atom. The summed E-state index contributed by atoms with van der Waals surface area (Å²) in [5.74, 6) is 0.940.